The summed E-state index contributed by atoms with van der Waals surface area (Å²) in [5.74, 6) is 0.577. The summed E-state index contributed by atoms with van der Waals surface area (Å²) in [4.78, 5) is 13.3. The van der Waals surface area contributed by atoms with Gasteiger partial charge in [0, 0.05) is 19.6 Å². The molecule has 1 aliphatic rings. The molecule has 0 bridgehead atoms. The van der Waals surface area contributed by atoms with E-state index in [4.69, 9.17) is 18.0 Å². The van der Waals surface area contributed by atoms with Crippen molar-refractivity contribution in [1.29, 1.82) is 0 Å². The normalized spacial score (nSPS) is 15.5. The molecule has 0 unspecified atom stereocenters. The van der Waals surface area contributed by atoms with Crippen LogP contribution in [0, 0.1) is 0 Å². The molecule has 3 N–H and O–H groups in total. The number of hydrazone groups is 1. The number of nitrogens with one attached hydrogen (secondary N) is 1. The molecule has 24 heavy (non-hydrogen) atoms. The van der Waals surface area contributed by atoms with Gasteiger partial charge >= 0.3 is 0 Å². The molecule has 8 nitrogen and oxygen atoms in total. The Morgan fingerprint density at radius 1 is 1.50 bits per heavy atom. The van der Waals surface area contributed by atoms with Crippen LogP contribution in [-0.4, -0.2) is 48.4 Å². The number of rotatable bonds is 5. The van der Waals surface area contributed by atoms with Crippen LogP contribution in [0.15, 0.2) is 23.7 Å². The Kier molecular flexibility index (Phi) is 4.18. The molecule has 2 heterocycles. The highest BCUT2D eigenvalue weighted by Gasteiger charge is 2.38. The number of anilines is 1. The molecular formula is C15H20N8S. The summed E-state index contributed by atoms with van der Waals surface area (Å²) in [6.07, 6.45) is 7.34. The van der Waals surface area contributed by atoms with Gasteiger partial charge in [0.15, 0.2) is 5.11 Å². The van der Waals surface area contributed by atoms with Crippen LogP contribution in [-0.2, 0) is 7.05 Å². The van der Waals surface area contributed by atoms with E-state index in [1.54, 1.807) is 25.8 Å². The van der Waals surface area contributed by atoms with Crippen molar-refractivity contribution in [2.45, 2.75) is 25.3 Å². The number of nitrogens with two attached hydrogens (primary N) is 1. The maximum atomic E-state index is 5.54. The highest BCUT2D eigenvalue weighted by Crippen LogP contribution is 2.37. The third-order valence-corrected chi connectivity index (χ3v) is 4.19. The summed E-state index contributed by atoms with van der Waals surface area (Å²) in [5, 5.41) is 9.18. The van der Waals surface area contributed by atoms with Gasteiger partial charge < -0.3 is 15.6 Å². The highest BCUT2D eigenvalue weighted by molar-refractivity contribution is 7.80. The Labute approximate surface area is 145 Å². The number of hydrogen-bond donors (Lipinski definition) is 2. The van der Waals surface area contributed by atoms with E-state index in [0.717, 1.165) is 24.2 Å². The third-order valence-electron chi connectivity index (χ3n) is 3.92. The van der Waals surface area contributed by atoms with Crippen molar-refractivity contribution in [2.75, 3.05) is 12.4 Å². The van der Waals surface area contributed by atoms with E-state index < -0.39 is 0 Å². The molecule has 126 valence electrons. The lowest BCUT2D eigenvalue weighted by Crippen LogP contribution is -2.27. The van der Waals surface area contributed by atoms with Crippen molar-refractivity contribution in [3.63, 3.8) is 0 Å². The summed E-state index contributed by atoms with van der Waals surface area (Å²) in [7, 11) is 3.61. The van der Waals surface area contributed by atoms with Crippen molar-refractivity contribution >= 4 is 29.5 Å². The molecule has 2 aromatic heterocycles. The van der Waals surface area contributed by atoms with Crippen molar-refractivity contribution in [3.05, 3.63) is 24.3 Å². The molecular weight excluding hydrogens is 324 g/mol. The van der Waals surface area contributed by atoms with Gasteiger partial charge in [0.25, 0.3) is 0 Å². The molecule has 0 amide bonds. The summed E-state index contributed by atoms with van der Waals surface area (Å²) in [5.41, 5.74) is 7.95. The number of aromatic nitrogens is 4. The van der Waals surface area contributed by atoms with Gasteiger partial charge in [0.1, 0.15) is 0 Å². The topological polar surface area (TPSA) is 97.2 Å². The van der Waals surface area contributed by atoms with Crippen LogP contribution in [0.4, 0.5) is 5.95 Å². The van der Waals surface area contributed by atoms with Crippen molar-refractivity contribution < 1.29 is 0 Å². The molecule has 1 saturated carbocycles. The van der Waals surface area contributed by atoms with E-state index in [0.29, 0.717) is 11.6 Å². The van der Waals surface area contributed by atoms with E-state index in [9.17, 15) is 0 Å². The van der Waals surface area contributed by atoms with Gasteiger partial charge in [0.05, 0.1) is 35.8 Å². The molecule has 0 aromatic carbocycles. The summed E-state index contributed by atoms with van der Waals surface area (Å²) in [6.45, 7) is 2.15. The average Bonchev–Trinajstić information content (AvgIpc) is 3.08. The first kappa shape index (κ1) is 16.3. The first-order chi connectivity index (χ1) is 11.4. The molecule has 0 saturated heterocycles. The second-order valence-electron chi connectivity index (χ2n) is 6.18. The first-order valence-corrected chi connectivity index (χ1v) is 7.98. The molecule has 9 heteroatoms. The first-order valence-electron chi connectivity index (χ1n) is 7.57. The lowest BCUT2D eigenvalue weighted by atomic mass is 10.2. The monoisotopic (exact) mass is 344 g/mol. The molecule has 3 rings (SSSR count). The molecule has 1 aliphatic carbocycles. The zero-order valence-corrected chi connectivity index (χ0v) is 14.7. The summed E-state index contributed by atoms with van der Waals surface area (Å²) in [6, 6.07) is 1.86. The van der Waals surface area contributed by atoms with Crippen LogP contribution in [0.25, 0.3) is 11.4 Å². The third kappa shape index (κ3) is 3.67. The molecule has 0 spiro atoms. The quantitative estimate of drug-likeness (QED) is 0.480. The number of aryl methyl sites for hydroxylation is 1. The minimum atomic E-state index is 0.0785. The van der Waals surface area contributed by atoms with Gasteiger partial charge in [-0.2, -0.15) is 5.10 Å². The van der Waals surface area contributed by atoms with Gasteiger partial charge in [-0.05, 0) is 38.0 Å². The Balaban J connectivity index is 1.96. The molecule has 0 aliphatic heterocycles. The number of imidazole rings is 1. The van der Waals surface area contributed by atoms with Gasteiger partial charge in [0.2, 0.25) is 5.95 Å². The largest absolute Gasteiger partial charge is 0.375 e. The van der Waals surface area contributed by atoms with Gasteiger partial charge in [-0.3, -0.25) is 0 Å². The molecule has 1 fully saturated rings. The Morgan fingerprint density at radius 3 is 2.83 bits per heavy atom. The summed E-state index contributed by atoms with van der Waals surface area (Å²) >= 11 is 4.88. The second kappa shape index (κ2) is 6.16. The Bertz CT molecular complexity index is 793. The van der Waals surface area contributed by atoms with E-state index in [1.165, 1.54) is 5.01 Å². The Hall–Kier alpha value is -2.55. The standard InChI is InChI=1S/C15H20N8S/c1-15(4-5-15)21-14-19-10(7-18-23(3)13(16)24)6-11(20-14)12-8-17-9-22(12)2/h6-9H,4-5H2,1-3H3,(H2,16,24)(H,19,20,21)/b18-7+. The van der Waals surface area contributed by atoms with Crippen molar-refractivity contribution in [3.8, 4) is 11.4 Å². The van der Waals surface area contributed by atoms with Crippen LogP contribution >= 0.6 is 12.2 Å². The Morgan fingerprint density at radius 2 is 2.25 bits per heavy atom. The number of nitrogens with zero attached hydrogens (tertiary/aromatic N) is 6. The lowest BCUT2D eigenvalue weighted by Gasteiger charge is -2.13. The molecule has 0 radical (unpaired) electrons. The van der Waals surface area contributed by atoms with E-state index in [1.807, 2.05) is 17.7 Å². The van der Waals surface area contributed by atoms with E-state index in [2.05, 4.69) is 32.3 Å². The minimum absolute atomic E-state index is 0.0785. The van der Waals surface area contributed by atoms with Crippen LogP contribution < -0.4 is 11.1 Å². The zero-order valence-electron chi connectivity index (χ0n) is 13.9. The molecule has 0 atom stereocenters. The molecule has 2 aromatic rings. The maximum Gasteiger partial charge on any atom is 0.224 e. The maximum absolute atomic E-state index is 5.54. The number of hydrogen-bond acceptors (Lipinski definition) is 6. The average molecular weight is 344 g/mol. The SMILES string of the molecule is CN(/N=C/c1cc(-c2cncn2C)nc(NC2(C)CC2)n1)C(N)=S. The van der Waals surface area contributed by atoms with E-state index in [-0.39, 0.29) is 10.7 Å². The predicted octanol–water partition coefficient (Wildman–Crippen LogP) is 1.35. The summed E-state index contributed by atoms with van der Waals surface area (Å²) < 4.78 is 1.91. The fraction of sp³-hybridized carbons (Fsp3) is 0.400. The van der Waals surface area contributed by atoms with E-state index >= 15 is 0 Å². The fourth-order valence-corrected chi connectivity index (χ4v) is 2.16. The highest BCUT2D eigenvalue weighted by atomic mass is 32.1. The second-order valence-corrected chi connectivity index (χ2v) is 6.60. The zero-order chi connectivity index (χ0) is 17.3. The van der Waals surface area contributed by atoms with Gasteiger partial charge in [-0.1, -0.05) is 0 Å². The van der Waals surface area contributed by atoms with Gasteiger partial charge in [-0.15, -0.1) is 0 Å². The van der Waals surface area contributed by atoms with Crippen LogP contribution in [0.2, 0.25) is 0 Å². The van der Waals surface area contributed by atoms with Gasteiger partial charge in [-0.25, -0.2) is 20.0 Å². The van der Waals surface area contributed by atoms with Crippen molar-refractivity contribution in [2.24, 2.45) is 17.9 Å². The smallest absolute Gasteiger partial charge is 0.224 e. The van der Waals surface area contributed by atoms with Crippen LogP contribution in [0.5, 0.6) is 0 Å². The van der Waals surface area contributed by atoms with Crippen molar-refractivity contribution in [1.82, 2.24) is 24.5 Å². The van der Waals surface area contributed by atoms with Crippen LogP contribution in [0.3, 0.4) is 0 Å². The minimum Gasteiger partial charge on any atom is -0.375 e. The fourth-order valence-electron chi connectivity index (χ4n) is 2.11. The number of thiocarbonyl (C=S) groups is 1. The predicted molar refractivity (Wildman–Crippen MR) is 97.6 cm³/mol. The lowest BCUT2D eigenvalue weighted by molar-refractivity contribution is 0.552. The van der Waals surface area contributed by atoms with Crippen LogP contribution in [0.1, 0.15) is 25.5 Å².